The molecule has 3 aliphatic rings. The summed E-state index contributed by atoms with van der Waals surface area (Å²) in [5.74, 6) is 1.34. The smallest absolute Gasteiger partial charge is 0.239 e. The Morgan fingerprint density at radius 1 is 1.18 bits per heavy atom. The lowest BCUT2D eigenvalue weighted by molar-refractivity contribution is -0.131. The van der Waals surface area contributed by atoms with E-state index in [9.17, 15) is 9.59 Å². The van der Waals surface area contributed by atoms with E-state index in [1.165, 1.54) is 5.69 Å². The molecule has 2 aromatic heterocycles. The van der Waals surface area contributed by atoms with Gasteiger partial charge in [0.15, 0.2) is 0 Å². The molecule has 8 heteroatoms. The van der Waals surface area contributed by atoms with Gasteiger partial charge in [0.1, 0.15) is 5.82 Å². The molecule has 1 saturated heterocycles. The molecule has 2 aliphatic heterocycles. The summed E-state index contributed by atoms with van der Waals surface area (Å²) in [7, 11) is 0. The van der Waals surface area contributed by atoms with Crippen LogP contribution in [0.4, 0.5) is 5.82 Å². The van der Waals surface area contributed by atoms with Gasteiger partial charge >= 0.3 is 0 Å². The summed E-state index contributed by atoms with van der Waals surface area (Å²) in [5, 5.41) is 7.66. The van der Waals surface area contributed by atoms with Gasteiger partial charge in [-0.2, -0.15) is 5.10 Å². The topological polar surface area (TPSA) is 106 Å². The first-order valence-corrected chi connectivity index (χ1v) is 12.0. The average molecular weight is 451 g/mol. The number of anilines is 1. The minimum Gasteiger partial charge on any atom is -0.341 e. The highest BCUT2D eigenvalue weighted by Crippen LogP contribution is 2.42. The van der Waals surface area contributed by atoms with Gasteiger partial charge in [-0.1, -0.05) is 13.8 Å². The number of aryl methyl sites for hydroxylation is 1. The molecule has 0 aromatic carbocycles. The number of pyridine rings is 1. The zero-order chi connectivity index (χ0) is 23.5. The summed E-state index contributed by atoms with van der Waals surface area (Å²) in [6.07, 6.45) is 6.37. The average Bonchev–Trinajstić information content (AvgIpc) is 3.47. The summed E-state index contributed by atoms with van der Waals surface area (Å²) in [5.41, 5.74) is 10.5. The molecule has 33 heavy (non-hydrogen) atoms. The molecule has 2 fully saturated rings. The van der Waals surface area contributed by atoms with E-state index in [1.54, 1.807) is 6.92 Å². The van der Waals surface area contributed by atoms with Crippen molar-refractivity contribution in [2.75, 3.05) is 18.4 Å². The number of carbonyl (C=O) groups is 2. The predicted octanol–water partition coefficient (Wildman–Crippen LogP) is 2.61. The van der Waals surface area contributed by atoms with Crippen LogP contribution in [0.5, 0.6) is 0 Å². The molecule has 4 heterocycles. The maximum Gasteiger partial charge on any atom is 0.239 e. The van der Waals surface area contributed by atoms with Crippen LogP contribution in [0.15, 0.2) is 18.5 Å². The molecule has 0 spiro atoms. The summed E-state index contributed by atoms with van der Waals surface area (Å²) >= 11 is 0. The Hall–Kier alpha value is -2.74. The lowest BCUT2D eigenvalue weighted by Gasteiger charge is -2.21. The fraction of sp³-hybridized carbons (Fsp3) is 0.600. The Morgan fingerprint density at radius 2 is 1.88 bits per heavy atom. The molecular weight excluding hydrogens is 416 g/mol. The second-order valence-electron chi connectivity index (χ2n) is 11.1. The Labute approximate surface area is 194 Å². The zero-order valence-corrected chi connectivity index (χ0v) is 20.0. The number of hydrogen-bond acceptors (Lipinski definition) is 5. The number of rotatable bonds is 4. The Bertz CT molecular complexity index is 1090. The molecule has 3 N–H and O–H groups in total. The van der Waals surface area contributed by atoms with Crippen molar-refractivity contribution in [3.63, 3.8) is 0 Å². The van der Waals surface area contributed by atoms with Crippen molar-refractivity contribution in [1.82, 2.24) is 19.7 Å². The van der Waals surface area contributed by atoms with Crippen LogP contribution in [0.3, 0.4) is 0 Å². The van der Waals surface area contributed by atoms with Crippen molar-refractivity contribution >= 4 is 17.6 Å². The van der Waals surface area contributed by atoms with Crippen LogP contribution in [0.1, 0.15) is 44.9 Å². The first-order valence-electron chi connectivity index (χ1n) is 12.0. The molecular formula is C25H34N6O2. The van der Waals surface area contributed by atoms with Crippen LogP contribution in [-0.2, 0) is 22.6 Å². The maximum absolute atomic E-state index is 13.1. The number of fused-ring (bicyclic) bond motifs is 2. The normalized spacial score (nSPS) is 26.2. The van der Waals surface area contributed by atoms with E-state index in [0.717, 1.165) is 42.5 Å². The molecule has 0 bridgehead atoms. The minimum absolute atomic E-state index is 0.0109. The van der Waals surface area contributed by atoms with Crippen molar-refractivity contribution in [2.45, 2.75) is 59.5 Å². The molecule has 1 unspecified atom stereocenters. The van der Waals surface area contributed by atoms with Crippen molar-refractivity contribution in [1.29, 1.82) is 0 Å². The molecule has 0 radical (unpaired) electrons. The molecule has 4 atom stereocenters. The van der Waals surface area contributed by atoms with Crippen LogP contribution in [0, 0.1) is 30.1 Å². The SMILES string of the molecule is Cc1cnc(NC(=O)C2C[C@@H]3CN(C(=O)[C@@H](C)N)C[C@@H]3C2)cc1-c1cnn2c1CC(C)(C)C2. The Balaban J connectivity index is 1.27. The van der Waals surface area contributed by atoms with Crippen LogP contribution in [0.25, 0.3) is 11.1 Å². The van der Waals surface area contributed by atoms with Gasteiger partial charge in [-0.15, -0.1) is 0 Å². The Morgan fingerprint density at radius 3 is 2.55 bits per heavy atom. The van der Waals surface area contributed by atoms with E-state index in [1.807, 2.05) is 30.3 Å². The van der Waals surface area contributed by atoms with Crippen molar-refractivity contribution in [2.24, 2.45) is 28.9 Å². The molecule has 176 valence electrons. The third-order valence-electron chi connectivity index (χ3n) is 7.64. The van der Waals surface area contributed by atoms with Crippen LogP contribution in [0.2, 0.25) is 0 Å². The van der Waals surface area contributed by atoms with Gasteiger partial charge in [-0.05, 0) is 67.6 Å². The molecule has 2 aromatic rings. The molecule has 8 nitrogen and oxygen atoms in total. The van der Waals surface area contributed by atoms with Gasteiger partial charge in [0.2, 0.25) is 11.8 Å². The first-order chi connectivity index (χ1) is 15.6. The fourth-order valence-electron chi connectivity index (χ4n) is 5.97. The number of likely N-dealkylation sites (tertiary alicyclic amines) is 1. The van der Waals surface area contributed by atoms with Crippen LogP contribution < -0.4 is 11.1 Å². The number of carbonyl (C=O) groups excluding carboxylic acids is 2. The van der Waals surface area contributed by atoms with Gasteiger partial charge < -0.3 is 16.0 Å². The van der Waals surface area contributed by atoms with E-state index in [0.29, 0.717) is 30.7 Å². The predicted molar refractivity (Wildman–Crippen MR) is 126 cm³/mol. The second kappa shape index (κ2) is 7.94. The summed E-state index contributed by atoms with van der Waals surface area (Å²) in [6.45, 7) is 10.7. The van der Waals surface area contributed by atoms with Crippen LogP contribution >= 0.6 is 0 Å². The van der Waals surface area contributed by atoms with E-state index >= 15 is 0 Å². The monoisotopic (exact) mass is 450 g/mol. The van der Waals surface area contributed by atoms with Crippen molar-refractivity contribution in [3.8, 4) is 11.1 Å². The molecule has 5 rings (SSSR count). The van der Waals surface area contributed by atoms with E-state index in [-0.39, 0.29) is 23.1 Å². The minimum atomic E-state index is -0.465. The highest BCUT2D eigenvalue weighted by atomic mass is 16.2. The third kappa shape index (κ3) is 4.05. The fourth-order valence-corrected chi connectivity index (χ4v) is 5.97. The quantitative estimate of drug-likeness (QED) is 0.745. The lowest BCUT2D eigenvalue weighted by Crippen LogP contribution is -2.41. The van der Waals surface area contributed by atoms with Gasteiger partial charge in [0.25, 0.3) is 0 Å². The lowest BCUT2D eigenvalue weighted by atomic mass is 9.89. The number of nitrogens with zero attached hydrogens (tertiary/aromatic N) is 4. The molecule has 2 amide bonds. The van der Waals surface area contributed by atoms with Gasteiger partial charge in [-0.25, -0.2) is 4.98 Å². The highest BCUT2D eigenvalue weighted by Gasteiger charge is 2.44. The zero-order valence-electron chi connectivity index (χ0n) is 20.0. The van der Waals surface area contributed by atoms with Gasteiger partial charge in [0.05, 0.1) is 12.2 Å². The van der Waals surface area contributed by atoms with E-state index < -0.39 is 6.04 Å². The summed E-state index contributed by atoms with van der Waals surface area (Å²) in [6, 6.07) is 1.52. The number of hydrogen-bond donors (Lipinski definition) is 2. The van der Waals surface area contributed by atoms with E-state index in [4.69, 9.17) is 5.73 Å². The Kier molecular flexibility index (Phi) is 5.31. The van der Waals surface area contributed by atoms with Gasteiger partial charge in [-0.3, -0.25) is 14.3 Å². The largest absolute Gasteiger partial charge is 0.341 e. The second-order valence-corrected chi connectivity index (χ2v) is 11.1. The molecule has 1 aliphatic carbocycles. The first kappa shape index (κ1) is 22.1. The van der Waals surface area contributed by atoms with Gasteiger partial charge in [0, 0.05) is 43.0 Å². The highest BCUT2D eigenvalue weighted by molar-refractivity contribution is 5.92. The van der Waals surface area contributed by atoms with E-state index in [2.05, 4.69) is 33.9 Å². The number of aromatic nitrogens is 3. The third-order valence-corrected chi connectivity index (χ3v) is 7.64. The number of amides is 2. The van der Waals surface area contributed by atoms with Crippen molar-refractivity contribution < 1.29 is 9.59 Å². The number of nitrogens with two attached hydrogens (primary N) is 1. The maximum atomic E-state index is 13.1. The summed E-state index contributed by atoms with van der Waals surface area (Å²) in [4.78, 5) is 31.6. The summed E-state index contributed by atoms with van der Waals surface area (Å²) < 4.78 is 2.10. The number of nitrogens with one attached hydrogen (secondary N) is 1. The molecule has 1 saturated carbocycles. The standard InChI is InChI=1S/C25H34N6O2/c1-14-9-27-22(7-19(14)20-10-28-31-13-25(3,4)8-21(20)31)29-23(32)16-5-17-11-30(12-18(17)6-16)24(33)15(2)26/h7,9-10,15-18H,5-6,8,11-13,26H2,1-4H3,(H,27,29,32)/t15-,16?,17-,18+/m1/s1. The van der Waals surface area contributed by atoms with Crippen LogP contribution in [-0.4, -0.2) is 50.6 Å². The van der Waals surface area contributed by atoms with Crippen molar-refractivity contribution in [3.05, 3.63) is 29.7 Å².